The molecule has 0 amide bonds. The van der Waals surface area contributed by atoms with Gasteiger partial charge in [-0.1, -0.05) is 39.0 Å². The third-order valence-corrected chi connectivity index (χ3v) is 3.31. The molecule has 1 N–H and O–H groups in total. The number of aliphatic hydroxyl groups excluding tert-OH is 1. The first-order valence-electron chi connectivity index (χ1n) is 5.47. The van der Waals surface area contributed by atoms with Gasteiger partial charge in [-0.05, 0) is 12.1 Å². The first kappa shape index (κ1) is 13.4. The van der Waals surface area contributed by atoms with E-state index in [-0.39, 0.29) is 4.75 Å². The molecule has 16 heavy (non-hydrogen) atoms. The van der Waals surface area contributed by atoms with Crippen molar-refractivity contribution in [3.63, 3.8) is 0 Å². The molecule has 0 unspecified atom stereocenters. The molecule has 0 saturated carbocycles. The van der Waals surface area contributed by atoms with Gasteiger partial charge in [-0.15, -0.1) is 0 Å². The molecule has 0 spiro atoms. The lowest BCUT2D eigenvalue weighted by Gasteiger charge is -2.20. The number of ether oxygens (including phenoxy) is 1. The molecule has 0 aliphatic carbocycles. The normalized spacial score (nSPS) is 13.5. The highest BCUT2D eigenvalue weighted by Crippen LogP contribution is 2.23. The van der Waals surface area contributed by atoms with Crippen LogP contribution in [0.4, 0.5) is 0 Å². The minimum atomic E-state index is -0.413. The summed E-state index contributed by atoms with van der Waals surface area (Å²) in [5.74, 6) is 1.51. The summed E-state index contributed by atoms with van der Waals surface area (Å²) >= 11 is 1.75. The summed E-state index contributed by atoms with van der Waals surface area (Å²) in [4.78, 5) is 0. The van der Waals surface area contributed by atoms with Crippen LogP contribution in [0.1, 0.15) is 20.8 Å². The zero-order chi connectivity index (χ0) is 12.0. The van der Waals surface area contributed by atoms with Gasteiger partial charge in [0.1, 0.15) is 12.4 Å². The Bertz CT molecular complexity index is 293. The SMILES string of the molecule is CC(C)(C)SC[C@@H](O)COc1ccccc1. The van der Waals surface area contributed by atoms with E-state index in [2.05, 4.69) is 20.8 Å². The minimum absolute atomic E-state index is 0.188. The van der Waals surface area contributed by atoms with Crippen LogP contribution in [0.3, 0.4) is 0 Å². The van der Waals surface area contributed by atoms with Crippen molar-refractivity contribution in [1.82, 2.24) is 0 Å². The first-order chi connectivity index (χ1) is 7.47. The molecule has 90 valence electrons. The van der Waals surface area contributed by atoms with Gasteiger partial charge in [0.15, 0.2) is 0 Å². The highest BCUT2D eigenvalue weighted by molar-refractivity contribution is 8.00. The van der Waals surface area contributed by atoms with Crippen molar-refractivity contribution in [1.29, 1.82) is 0 Å². The molecule has 0 bridgehead atoms. The maximum absolute atomic E-state index is 9.73. The van der Waals surface area contributed by atoms with E-state index in [1.807, 2.05) is 30.3 Å². The molecular formula is C13H20O2S. The van der Waals surface area contributed by atoms with Crippen LogP contribution in [-0.4, -0.2) is 28.3 Å². The molecule has 0 aromatic heterocycles. The van der Waals surface area contributed by atoms with Gasteiger partial charge in [-0.2, -0.15) is 11.8 Å². The van der Waals surface area contributed by atoms with Crippen LogP contribution in [0, 0.1) is 0 Å². The predicted molar refractivity (Wildman–Crippen MR) is 70.2 cm³/mol. The van der Waals surface area contributed by atoms with Crippen LogP contribution in [-0.2, 0) is 0 Å². The number of rotatable bonds is 5. The van der Waals surface area contributed by atoms with Crippen LogP contribution in [0.2, 0.25) is 0 Å². The molecule has 1 rings (SSSR count). The standard InChI is InChI=1S/C13H20O2S/c1-13(2,3)16-10-11(14)9-15-12-7-5-4-6-8-12/h4-8,11,14H,9-10H2,1-3H3/t11-/m0/s1. The Labute approximate surface area is 102 Å². The van der Waals surface area contributed by atoms with E-state index in [1.54, 1.807) is 11.8 Å². The monoisotopic (exact) mass is 240 g/mol. The van der Waals surface area contributed by atoms with Crippen molar-refractivity contribution < 1.29 is 9.84 Å². The van der Waals surface area contributed by atoms with Crippen molar-refractivity contribution in [3.8, 4) is 5.75 Å². The maximum Gasteiger partial charge on any atom is 0.119 e. The third-order valence-electron chi connectivity index (χ3n) is 1.89. The van der Waals surface area contributed by atoms with Gasteiger partial charge in [0.2, 0.25) is 0 Å². The van der Waals surface area contributed by atoms with Crippen LogP contribution in [0.15, 0.2) is 30.3 Å². The molecular weight excluding hydrogens is 220 g/mol. The largest absolute Gasteiger partial charge is 0.491 e. The Morgan fingerprint density at radius 1 is 1.25 bits per heavy atom. The fourth-order valence-electron chi connectivity index (χ4n) is 1.10. The topological polar surface area (TPSA) is 29.5 Å². The van der Waals surface area contributed by atoms with Gasteiger partial charge >= 0.3 is 0 Å². The lowest BCUT2D eigenvalue weighted by molar-refractivity contribution is 0.126. The fourth-order valence-corrected chi connectivity index (χ4v) is 1.89. The van der Waals surface area contributed by atoms with Gasteiger partial charge in [0.05, 0.1) is 6.10 Å². The van der Waals surface area contributed by atoms with E-state index < -0.39 is 6.10 Å². The van der Waals surface area contributed by atoms with E-state index in [0.29, 0.717) is 12.4 Å². The van der Waals surface area contributed by atoms with Gasteiger partial charge < -0.3 is 9.84 Å². The van der Waals surface area contributed by atoms with Crippen molar-refractivity contribution >= 4 is 11.8 Å². The molecule has 0 radical (unpaired) electrons. The van der Waals surface area contributed by atoms with Crippen molar-refractivity contribution in [3.05, 3.63) is 30.3 Å². The van der Waals surface area contributed by atoms with Crippen LogP contribution in [0.25, 0.3) is 0 Å². The van der Waals surface area contributed by atoms with Crippen molar-refractivity contribution in [2.75, 3.05) is 12.4 Å². The number of hydrogen-bond acceptors (Lipinski definition) is 3. The second-order valence-electron chi connectivity index (χ2n) is 4.70. The van der Waals surface area contributed by atoms with Gasteiger partial charge in [0, 0.05) is 10.5 Å². The zero-order valence-electron chi connectivity index (χ0n) is 10.1. The van der Waals surface area contributed by atoms with Gasteiger partial charge in [-0.25, -0.2) is 0 Å². The number of benzene rings is 1. The maximum atomic E-state index is 9.73. The Kier molecular flexibility index (Phi) is 5.16. The van der Waals surface area contributed by atoms with E-state index in [0.717, 1.165) is 5.75 Å². The zero-order valence-corrected chi connectivity index (χ0v) is 11.0. The number of thioether (sulfide) groups is 1. The highest BCUT2D eigenvalue weighted by atomic mass is 32.2. The Morgan fingerprint density at radius 2 is 1.88 bits per heavy atom. The van der Waals surface area contributed by atoms with E-state index in [4.69, 9.17) is 4.74 Å². The Morgan fingerprint density at radius 3 is 2.44 bits per heavy atom. The summed E-state index contributed by atoms with van der Waals surface area (Å²) in [6.07, 6.45) is -0.413. The van der Waals surface area contributed by atoms with Gasteiger partial charge in [0.25, 0.3) is 0 Å². The summed E-state index contributed by atoms with van der Waals surface area (Å²) < 4.78 is 5.66. The lowest BCUT2D eigenvalue weighted by atomic mass is 10.3. The highest BCUT2D eigenvalue weighted by Gasteiger charge is 2.14. The van der Waals surface area contributed by atoms with Crippen LogP contribution < -0.4 is 4.74 Å². The average molecular weight is 240 g/mol. The van der Waals surface area contributed by atoms with Crippen LogP contribution in [0.5, 0.6) is 5.75 Å². The minimum Gasteiger partial charge on any atom is -0.491 e. The third kappa shape index (κ3) is 6.03. The number of para-hydroxylation sites is 1. The molecule has 3 heteroatoms. The summed E-state index contributed by atoms with van der Waals surface area (Å²) in [5, 5.41) is 9.73. The molecule has 1 aromatic carbocycles. The average Bonchev–Trinajstić information content (AvgIpc) is 2.24. The fraction of sp³-hybridized carbons (Fsp3) is 0.538. The Hall–Kier alpha value is -0.670. The quantitative estimate of drug-likeness (QED) is 0.858. The second-order valence-corrected chi connectivity index (χ2v) is 6.55. The molecule has 0 aliphatic heterocycles. The smallest absolute Gasteiger partial charge is 0.119 e. The van der Waals surface area contributed by atoms with E-state index in [1.165, 1.54) is 0 Å². The molecule has 1 aromatic rings. The Balaban J connectivity index is 2.23. The molecule has 0 fully saturated rings. The second kappa shape index (κ2) is 6.16. The summed E-state index contributed by atoms with van der Waals surface area (Å²) in [5.41, 5.74) is 0. The van der Waals surface area contributed by atoms with Crippen molar-refractivity contribution in [2.24, 2.45) is 0 Å². The molecule has 0 heterocycles. The summed E-state index contributed by atoms with van der Waals surface area (Å²) in [6, 6.07) is 9.57. The van der Waals surface area contributed by atoms with Crippen molar-refractivity contribution in [2.45, 2.75) is 31.6 Å². The predicted octanol–water partition coefficient (Wildman–Crippen LogP) is 2.96. The van der Waals surface area contributed by atoms with Crippen LogP contribution >= 0.6 is 11.8 Å². The molecule has 1 atom stereocenters. The van der Waals surface area contributed by atoms with E-state index in [9.17, 15) is 5.11 Å². The molecule has 2 nitrogen and oxygen atoms in total. The molecule has 0 aliphatic rings. The lowest BCUT2D eigenvalue weighted by Crippen LogP contribution is -2.23. The summed E-state index contributed by atoms with van der Waals surface area (Å²) in [6.45, 7) is 6.78. The van der Waals surface area contributed by atoms with E-state index >= 15 is 0 Å². The number of hydrogen-bond donors (Lipinski definition) is 1. The molecule has 0 saturated heterocycles. The summed E-state index contributed by atoms with van der Waals surface area (Å²) in [7, 11) is 0. The number of aliphatic hydroxyl groups is 1. The first-order valence-corrected chi connectivity index (χ1v) is 6.46. The van der Waals surface area contributed by atoms with Gasteiger partial charge in [-0.3, -0.25) is 0 Å².